The molecule has 1 rings (SSSR count). The van der Waals surface area contributed by atoms with Crippen molar-refractivity contribution < 1.29 is 50.0 Å². The van der Waals surface area contributed by atoms with Crippen LogP contribution in [0.15, 0.2) is 24.3 Å². The molecule has 1 aromatic rings. The Morgan fingerprint density at radius 3 is 1.48 bits per heavy atom. The maximum Gasteiger partial charge on any atom is 1.00 e. The molecule has 0 amide bonds. The summed E-state index contributed by atoms with van der Waals surface area (Å²) in [5.74, 6) is -0.911. The maximum absolute atomic E-state index is 11.9. The molecule has 0 aliphatic heterocycles. The van der Waals surface area contributed by atoms with Gasteiger partial charge in [0, 0.05) is 0 Å². The Hall–Kier alpha value is -0.840. The number of hydrogen-bond acceptors (Lipinski definition) is 4. The number of rotatable bonds is 2. The van der Waals surface area contributed by atoms with Crippen LogP contribution in [0.1, 0.15) is 63.7 Å². The quantitative estimate of drug-likeness (QED) is 0.596. The summed E-state index contributed by atoms with van der Waals surface area (Å²) in [6.07, 6.45) is 0. The van der Waals surface area contributed by atoms with Crippen molar-refractivity contribution >= 4 is 11.9 Å². The largest absolute Gasteiger partial charge is 1.00 e. The Morgan fingerprint density at radius 1 is 0.857 bits per heavy atom. The summed E-state index contributed by atoms with van der Waals surface area (Å²) < 4.78 is 10.5. The second kappa shape index (κ2) is 7.43. The van der Waals surface area contributed by atoms with Crippen molar-refractivity contribution in [1.29, 1.82) is 0 Å². The average molecular weight is 302 g/mol. The van der Waals surface area contributed by atoms with E-state index in [-0.39, 0.29) is 31.0 Å². The standard InChI is InChI=1S/C16H22O4.Na.H/c1-15(2,3)19-13(17)11-8-7-9-12(10-11)14(18)20-16(4,5)6;;/h7-10H,1-6H3;;/q;+1;-1. The van der Waals surface area contributed by atoms with Gasteiger partial charge in [0.15, 0.2) is 0 Å². The molecule has 0 aliphatic rings. The van der Waals surface area contributed by atoms with E-state index in [4.69, 9.17) is 9.47 Å². The molecule has 0 N–H and O–H groups in total. The third-order valence-corrected chi connectivity index (χ3v) is 2.13. The summed E-state index contributed by atoms with van der Waals surface area (Å²) in [5.41, 5.74) is -0.468. The topological polar surface area (TPSA) is 52.6 Å². The second-order valence-electron chi connectivity index (χ2n) is 6.58. The van der Waals surface area contributed by atoms with E-state index in [1.165, 1.54) is 6.07 Å². The Bertz CT molecular complexity index is 472. The minimum Gasteiger partial charge on any atom is -1.00 e. The van der Waals surface area contributed by atoms with Gasteiger partial charge in [0.05, 0.1) is 11.1 Å². The van der Waals surface area contributed by atoms with Gasteiger partial charge in [0.1, 0.15) is 11.2 Å². The predicted molar refractivity (Wildman–Crippen MR) is 77.9 cm³/mol. The first kappa shape index (κ1) is 20.2. The zero-order valence-corrected chi connectivity index (χ0v) is 15.9. The normalized spacial score (nSPS) is 11.3. The van der Waals surface area contributed by atoms with Crippen LogP contribution < -0.4 is 29.6 Å². The average Bonchev–Trinajstić information content (AvgIpc) is 2.24. The second-order valence-corrected chi connectivity index (χ2v) is 6.58. The number of hydrogen-bond donors (Lipinski definition) is 0. The van der Waals surface area contributed by atoms with Crippen LogP contribution >= 0.6 is 0 Å². The van der Waals surface area contributed by atoms with Crippen LogP contribution in [0.4, 0.5) is 0 Å². The molecule has 0 heterocycles. The van der Waals surface area contributed by atoms with Crippen LogP contribution in [-0.4, -0.2) is 23.1 Å². The third kappa shape index (κ3) is 7.65. The molecule has 5 heteroatoms. The molecule has 0 saturated heterocycles. The fraction of sp³-hybridized carbons (Fsp3) is 0.500. The van der Waals surface area contributed by atoms with Crippen molar-refractivity contribution in [3.05, 3.63) is 35.4 Å². The molecule has 0 fully saturated rings. The van der Waals surface area contributed by atoms with Gasteiger partial charge in [-0.1, -0.05) is 6.07 Å². The summed E-state index contributed by atoms with van der Waals surface area (Å²) in [7, 11) is 0. The molecule has 0 saturated carbocycles. The predicted octanol–water partition coefficient (Wildman–Crippen LogP) is 0.714. The molecule has 21 heavy (non-hydrogen) atoms. The van der Waals surface area contributed by atoms with Crippen molar-refractivity contribution in [2.75, 3.05) is 0 Å². The van der Waals surface area contributed by atoms with Gasteiger partial charge in [-0.05, 0) is 59.7 Å². The van der Waals surface area contributed by atoms with E-state index < -0.39 is 23.1 Å². The first-order chi connectivity index (χ1) is 8.98. The molecule has 0 aromatic heterocycles. The zero-order chi connectivity index (χ0) is 15.6. The van der Waals surface area contributed by atoms with Gasteiger partial charge in [0.25, 0.3) is 0 Å². The van der Waals surface area contributed by atoms with Crippen molar-refractivity contribution in [3.63, 3.8) is 0 Å². The van der Waals surface area contributed by atoms with E-state index >= 15 is 0 Å². The van der Waals surface area contributed by atoms with Crippen LogP contribution in [0.2, 0.25) is 0 Å². The molecular weight excluding hydrogens is 279 g/mol. The fourth-order valence-electron chi connectivity index (χ4n) is 1.45. The minimum absolute atomic E-state index is 0. The minimum atomic E-state index is -0.570. The van der Waals surface area contributed by atoms with Gasteiger partial charge in [-0.3, -0.25) is 0 Å². The Balaban J connectivity index is 0. The first-order valence-corrected chi connectivity index (χ1v) is 6.55. The first-order valence-electron chi connectivity index (χ1n) is 6.55. The van der Waals surface area contributed by atoms with Crippen LogP contribution in [-0.2, 0) is 9.47 Å². The number of esters is 2. The van der Waals surface area contributed by atoms with E-state index in [1.54, 1.807) is 59.7 Å². The van der Waals surface area contributed by atoms with E-state index in [0.717, 1.165) is 0 Å². The summed E-state index contributed by atoms with van der Waals surface area (Å²) in [4.78, 5) is 23.9. The molecule has 0 radical (unpaired) electrons. The smallest absolute Gasteiger partial charge is 1.00 e. The summed E-state index contributed by atoms with van der Waals surface area (Å²) in [6.45, 7) is 10.8. The third-order valence-electron chi connectivity index (χ3n) is 2.13. The van der Waals surface area contributed by atoms with Crippen LogP contribution in [0.5, 0.6) is 0 Å². The van der Waals surface area contributed by atoms with Crippen molar-refractivity contribution in [2.24, 2.45) is 0 Å². The van der Waals surface area contributed by atoms with E-state index in [0.29, 0.717) is 11.1 Å². The van der Waals surface area contributed by atoms with Gasteiger partial charge in [-0.25, -0.2) is 9.59 Å². The van der Waals surface area contributed by atoms with E-state index in [2.05, 4.69) is 0 Å². The SMILES string of the molecule is CC(C)(C)OC(=O)c1cccc(C(=O)OC(C)(C)C)c1.[H-].[Na+]. The number of carbonyl (C=O) groups is 2. The van der Waals surface area contributed by atoms with Gasteiger partial charge in [-0.15, -0.1) is 0 Å². The summed E-state index contributed by atoms with van der Waals surface area (Å²) in [5, 5.41) is 0. The molecule has 0 bridgehead atoms. The maximum atomic E-state index is 11.9. The molecular formula is C16H23NaO4. The van der Waals surface area contributed by atoms with Crippen molar-refractivity contribution in [3.8, 4) is 0 Å². The zero-order valence-electron chi connectivity index (χ0n) is 14.9. The monoisotopic (exact) mass is 302 g/mol. The van der Waals surface area contributed by atoms with Crippen LogP contribution in [0.25, 0.3) is 0 Å². The molecule has 0 unspecified atom stereocenters. The number of benzene rings is 1. The molecule has 112 valence electrons. The molecule has 4 nitrogen and oxygen atoms in total. The fourth-order valence-corrected chi connectivity index (χ4v) is 1.45. The summed E-state index contributed by atoms with van der Waals surface area (Å²) in [6, 6.07) is 6.35. The van der Waals surface area contributed by atoms with Gasteiger partial charge in [0.2, 0.25) is 0 Å². The van der Waals surface area contributed by atoms with E-state index in [9.17, 15) is 9.59 Å². The van der Waals surface area contributed by atoms with Crippen LogP contribution in [0, 0.1) is 0 Å². The van der Waals surface area contributed by atoms with Gasteiger partial charge in [-0.2, -0.15) is 0 Å². The molecule has 0 atom stereocenters. The molecule has 1 aromatic carbocycles. The van der Waals surface area contributed by atoms with E-state index in [1.807, 2.05) is 0 Å². The van der Waals surface area contributed by atoms with Gasteiger partial charge < -0.3 is 10.9 Å². The Morgan fingerprint density at radius 2 is 1.19 bits per heavy atom. The van der Waals surface area contributed by atoms with Gasteiger partial charge >= 0.3 is 41.5 Å². The van der Waals surface area contributed by atoms with Crippen molar-refractivity contribution in [2.45, 2.75) is 52.7 Å². The molecule has 0 spiro atoms. The van der Waals surface area contributed by atoms with Crippen molar-refractivity contribution in [1.82, 2.24) is 0 Å². The number of carbonyl (C=O) groups excluding carboxylic acids is 2. The molecule has 0 aliphatic carbocycles. The number of ether oxygens (including phenoxy) is 2. The Labute approximate surface area is 150 Å². The summed E-state index contributed by atoms with van der Waals surface area (Å²) >= 11 is 0. The van der Waals surface area contributed by atoms with Crippen LogP contribution in [0.3, 0.4) is 0 Å². The Kier molecular flexibility index (Phi) is 7.13.